The molecular formula is C11H24O3. The Bertz CT molecular complexity index is 124. The predicted octanol–water partition coefficient (Wildman–Crippen LogP) is 2.24. The summed E-state index contributed by atoms with van der Waals surface area (Å²) in [5.41, 5.74) is -0.105. The molecular weight excluding hydrogens is 180 g/mol. The zero-order chi connectivity index (χ0) is 10.9. The first kappa shape index (κ1) is 13.9. The highest BCUT2D eigenvalue weighted by Crippen LogP contribution is 2.14. The fourth-order valence-electron chi connectivity index (χ4n) is 1.04. The van der Waals surface area contributed by atoms with Gasteiger partial charge in [-0.25, -0.2) is 0 Å². The number of ether oxygens (including phenoxy) is 3. The number of methoxy groups -OCH3 is 1. The van der Waals surface area contributed by atoms with Crippen LogP contribution in [-0.2, 0) is 14.2 Å². The van der Waals surface area contributed by atoms with Crippen LogP contribution in [0.4, 0.5) is 0 Å². The first-order chi connectivity index (χ1) is 6.62. The Morgan fingerprint density at radius 2 is 1.71 bits per heavy atom. The smallest absolute Gasteiger partial charge is 0.0707 e. The highest BCUT2D eigenvalue weighted by molar-refractivity contribution is 4.67. The van der Waals surface area contributed by atoms with Gasteiger partial charge >= 0.3 is 0 Å². The Labute approximate surface area is 87.7 Å². The molecule has 0 heterocycles. The van der Waals surface area contributed by atoms with Crippen LogP contribution in [0, 0.1) is 0 Å². The molecule has 0 saturated heterocycles. The molecule has 0 unspecified atom stereocenters. The maximum Gasteiger partial charge on any atom is 0.0707 e. The molecule has 0 bridgehead atoms. The molecule has 0 fully saturated rings. The van der Waals surface area contributed by atoms with Gasteiger partial charge in [-0.15, -0.1) is 0 Å². The highest BCUT2D eigenvalue weighted by Gasteiger charge is 2.17. The van der Waals surface area contributed by atoms with Crippen molar-refractivity contribution in [3.8, 4) is 0 Å². The van der Waals surface area contributed by atoms with Crippen LogP contribution >= 0.6 is 0 Å². The van der Waals surface area contributed by atoms with Gasteiger partial charge in [0.2, 0.25) is 0 Å². The van der Waals surface area contributed by atoms with E-state index in [0.29, 0.717) is 13.2 Å². The van der Waals surface area contributed by atoms with Crippen molar-refractivity contribution in [1.29, 1.82) is 0 Å². The van der Waals surface area contributed by atoms with Crippen molar-refractivity contribution < 1.29 is 14.2 Å². The average molecular weight is 204 g/mol. The third kappa shape index (κ3) is 8.48. The summed E-state index contributed by atoms with van der Waals surface area (Å²) in [6.07, 6.45) is 2.00. The Kier molecular flexibility index (Phi) is 8.14. The molecule has 3 heteroatoms. The lowest BCUT2D eigenvalue weighted by Crippen LogP contribution is -2.28. The van der Waals surface area contributed by atoms with E-state index in [-0.39, 0.29) is 5.60 Å². The van der Waals surface area contributed by atoms with Crippen LogP contribution < -0.4 is 0 Å². The Morgan fingerprint density at radius 1 is 1.00 bits per heavy atom. The van der Waals surface area contributed by atoms with Gasteiger partial charge in [-0.3, -0.25) is 0 Å². The van der Waals surface area contributed by atoms with E-state index in [0.717, 1.165) is 26.1 Å². The van der Waals surface area contributed by atoms with Gasteiger partial charge in [0, 0.05) is 20.3 Å². The molecule has 0 aromatic heterocycles. The minimum absolute atomic E-state index is 0.105. The normalized spacial score (nSPS) is 12.0. The van der Waals surface area contributed by atoms with Crippen LogP contribution in [0.1, 0.15) is 33.6 Å². The molecule has 0 N–H and O–H groups in total. The second kappa shape index (κ2) is 8.21. The molecule has 14 heavy (non-hydrogen) atoms. The average Bonchev–Trinajstić information content (AvgIpc) is 2.13. The summed E-state index contributed by atoms with van der Waals surface area (Å²) in [7, 11) is 1.68. The van der Waals surface area contributed by atoms with Crippen molar-refractivity contribution in [2.24, 2.45) is 0 Å². The van der Waals surface area contributed by atoms with Gasteiger partial charge in [0.25, 0.3) is 0 Å². The second-order valence-corrected chi connectivity index (χ2v) is 3.96. The number of hydrogen-bond acceptors (Lipinski definition) is 3. The highest BCUT2D eigenvalue weighted by atomic mass is 16.5. The van der Waals surface area contributed by atoms with Crippen LogP contribution in [0.25, 0.3) is 0 Å². The van der Waals surface area contributed by atoms with Gasteiger partial charge in [-0.2, -0.15) is 0 Å². The third-order valence-corrected chi connectivity index (χ3v) is 1.98. The lowest BCUT2D eigenvalue weighted by atomic mass is 10.1. The first-order valence-corrected chi connectivity index (χ1v) is 5.33. The van der Waals surface area contributed by atoms with Crippen LogP contribution in [0.15, 0.2) is 0 Å². The van der Waals surface area contributed by atoms with Crippen LogP contribution in [-0.4, -0.2) is 39.1 Å². The third-order valence-electron chi connectivity index (χ3n) is 1.98. The van der Waals surface area contributed by atoms with Crippen molar-refractivity contribution in [3.05, 3.63) is 0 Å². The molecule has 0 amide bonds. The van der Waals surface area contributed by atoms with Gasteiger partial charge in [0.05, 0.1) is 18.8 Å². The lowest BCUT2D eigenvalue weighted by molar-refractivity contribution is -0.0569. The van der Waals surface area contributed by atoms with E-state index < -0.39 is 0 Å². The van der Waals surface area contributed by atoms with E-state index in [1.165, 1.54) is 0 Å². The number of rotatable bonds is 9. The Morgan fingerprint density at radius 3 is 2.29 bits per heavy atom. The quantitative estimate of drug-likeness (QED) is 0.539. The second-order valence-electron chi connectivity index (χ2n) is 3.96. The summed E-state index contributed by atoms with van der Waals surface area (Å²) >= 11 is 0. The summed E-state index contributed by atoms with van der Waals surface area (Å²) in [6, 6.07) is 0. The van der Waals surface area contributed by atoms with Gasteiger partial charge in [0.15, 0.2) is 0 Å². The molecule has 0 aromatic rings. The molecule has 0 aliphatic heterocycles. The summed E-state index contributed by atoms with van der Waals surface area (Å²) in [5, 5.41) is 0. The minimum Gasteiger partial charge on any atom is -0.382 e. The largest absolute Gasteiger partial charge is 0.382 e. The monoisotopic (exact) mass is 204 g/mol. The molecule has 0 atom stereocenters. The molecule has 0 spiro atoms. The molecule has 0 aromatic carbocycles. The maximum atomic E-state index is 5.65. The zero-order valence-electron chi connectivity index (χ0n) is 9.97. The molecule has 0 saturated carbocycles. The van der Waals surface area contributed by atoms with E-state index in [1.54, 1.807) is 7.11 Å². The Balaban J connectivity index is 3.40. The van der Waals surface area contributed by atoms with Crippen molar-refractivity contribution in [1.82, 2.24) is 0 Å². The predicted molar refractivity (Wildman–Crippen MR) is 57.6 cm³/mol. The van der Waals surface area contributed by atoms with Crippen molar-refractivity contribution in [3.63, 3.8) is 0 Å². The molecule has 0 aliphatic rings. The zero-order valence-corrected chi connectivity index (χ0v) is 9.97. The van der Waals surface area contributed by atoms with Crippen LogP contribution in [0.5, 0.6) is 0 Å². The van der Waals surface area contributed by atoms with E-state index >= 15 is 0 Å². The maximum absolute atomic E-state index is 5.65. The first-order valence-electron chi connectivity index (χ1n) is 5.33. The summed E-state index contributed by atoms with van der Waals surface area (Å²) in [5.74, 6) is 0. The van der Waals surface area contributed by atoms with E-state index in [2.05, 4.69) is 20.8 Å². The van der Waals surface area contributed by atoms with Gasteiger partial charge in [-0.1, -0.05) is 6.92 Å². The molecule has 0 radical (unpaired) electrons. The van der Waals surface area contributed by atoms with E-state index in [4.69, 9.17) is 14.2 Å². The van der Waals surface area contributed by atoms with Crippen LogP contribution in [0.2, 0.25) is 0 Å². The topological polar surface area (TPSA) is 27.7 Å². The van der Waals surface area contributed by atoms with Crippen molar-refractivity contribution in [2.75, 3.05) is 33.5 Å². The van der Waals surface area contributed by atoms with Crippen molar-refractivity contribution >= 4 is 0 Å². The minimum atomic E-state index is -0.105. The molecule has 3 nitrogen and oxygen atoms in total. The summed E-state index contributed by atoms with van der Waals surface area (Å²) in [4.78, 5) is 0. The standard InChI is InChI=1S/C11H24O3/c1-5-7-13-8-6-11(2,3)14-10-9-12-4/h5-10H2,1-4H3. The number of hydrogen-bond donors (Lipinski definition) is 0. The summed E-state index contributed by atoms with van der Waals surface area (Å²) < 4.78 is 16.0. The molecule has 86 valence electrons. The lowest BCUT2D eigenvalue weighted by Gasteiger charge is -2.25. The fourth-order valence-corrected chi connectivity index (χ4v) is 1.04. The van der Waals surface area contributed by atoms with Crippen LogP contribution in [0.3, 0.4) is 0 Å². The van der Waals surface area contributed by atoms with E-state index in [9.17, 15) is 0 Å². The molecule has 0 aliphatic carbocycles. The molecule has 0 rings (SSSR count). The summed E-state index contributed by atoms with van der Waals surface area (Å²) in [6.45, 7) is 9.19. The SMILES string of the molecule is CCCOCCC(C)(C)OCCOC. The van der Waals surface area contributed by atoms with Gasteiger partial charge in [0.1, 0.15) is 0 Å². The van der Waals surface area contributed by atoms with Crippen molar-refractivity contribution in [2.45, 2.75) is 39.2 Å². The van der Waals surface area contributed by atoms with Gasteiger partial charge in [-0.05, 0) is 26.7 Å². The fraction of sp³-hybridized carbons (Fsp3) is 1.00. The van der Waals surface area contributed by atoms with E-state index in [1.807, 2.05) is 0 Å². The Hall–Kier alpha value is -0.120. The van der Waals surface area contributed by atoms with Gasteiger partial charge < -0.3 is 14.2 Å².